The highest BCUT2D eigenvalue weighted by Crippen LogP contribution is 2.33. The first-order chi connectivity index (χ1) is 7.11. The van der Waals surface area contributed by atoms with E-state index in [0.717, 1.165) is 11.3 Å². The van der Waals surface area contributed by atoms with E-state index in [1.807, 2.05) is 13.0 Å². The molecular weight excluding hydrogens is 214 g/mol. The van der Waals surface area contributed by atoms with Crippen molar-refractivity contribution < 1.29 is 9.90 Å². The first-order valence-corrected chi connectivity index (χ1v) is 5.30. The summed E-state index contributed by atoms with van der Waals surface area (Å²) < 4.78 is 0. The minimum absolute atomic E-state index is 0.0239. The van der Waals surface area contributed by atoms with E-state index in [0.29, 0.717) is 23.4 Å². The molecule has 1 aliphatic rings. The summed E-state index contributed by atoms with van der Waals surface area (Å²) in [5.74, 6) is -0.0239. The van der Waals surface area contributed by atoms with Gasteiger partial charge in [0.25, 0.3) is 0 Å². The monoisotopic (exact) mass is 225 g/mol. The second kappa shape index (κ2) is 3.83. The van der Waals surface area contributed by atoms with Crippen LogP contribution >= 0.6 is 11.6 Å². The number of carbonyl (C=O) groups excluding carboxylic acids is 1. The van der Waals surface area contributed by atoms with Crippen LogP contribution in [0.4, 0.5) is 5.69 Å². The molecule has 1 heterocycles. The van der Waals surface area contributed by atoms with Gasteiger partial charge >= 0.3 is 0 Å². The Kier molecular flexibility index (Phi) is 2.67. The molecule has 15 heavy (non-hydrogen) atoms. The molecule has 1 aromatic rings. The number of aliphatic hydroxyl groups is 1. The Bertz CT molecular complexity index is 417. The van der Waals surface area contributed by atoms with Crippen molar-refractivity contribution in [3.05, 3.63) is 28.3 Å². The summed E-state index contributed by atoms with van der Waals surface area (Å²) in [5.41, 5.74) is 2.37. The van der Waals surface area contributed by atoms with Crippen molar-refractivity contribution in [2.75, 3.05) is 5.32 Å². The SMILES string of the molecule is CC[C@H](O)c1cc2c(cc1Cl)NC(=O)C2. The first kappa shape index (κ1) is 10.5. The van der Waals surface area contributed by atoms with Gasteiger partial charge in [-0.2, -0.15) is 0 Å². The molecule has 0 saturated heterocycles. The zero-order chi connectivity index (χ0) is 11.0. The summed E-state index contributed by atoms with van der Waals surface area (Å²) >= 11 is 6.02. The van der Waals surface area contributed by atoms with Crippen LogP contribution in [-0.4, -0.2) is 11.0 Å². The van der Waals surface area contributed by atoms with E-state index in [1.54, 1.807) is 6.07 Å². The Morgan fingerprint density at radius 3 is 3.00 bits per heavy atom. The van der Waals surface area contributed by atoms with E-state index in [2.05, 4.69) is 5.32 Å². The summed E-state index contributed by atoms with van der Waals surface area (Å²) in [4.78, 5) is 11.1. The maximum Gasteiger partial charge on any atom is 0.228 e. The molecule has 1 aromatic carbocycles. The lowest BCUT2D eigenvalue weighted by Gasteiger charge is -2.12. The highest BCUT2D eigenvalue weighted by Gasteiger charge is 2.21. The maximum absolute atomic E-state index is 11.1. The van der Waals surface area contributed by atoms with Gasteiger partial charge in [0.15, 0.2) is 0 Å². The van der Waals surface area contributed by atoms with Crippen LogP contribution in [0.3, 0.4) is 0 Å². The van der Waals surface area contributed by atoms with Gasteiger partial charge in [0.05, 0.1) is 12.5 Å². The van der Waals surface area contributed by atoms with Gasteiger partial charge in [0, 0.05) is 10.7 Å². The molecule has 1 amide bonds. The number of benzene rings is 1. The molecule has 0 radical (unpaired) electrons. The summed E-state index contributed by atoms with van der Waals surface area (Å²) in [7, 11) is 0. The Hall–Kier alpha value is -1.06. The maximum atomic E-state index is 11.1. The van der Waals surface area contributed by atoms with Crippen molar-refractivity contribution in [1.82, 2.24) is 0 Å². The summed E-state index contributed by atoms with van der Waals surface area (Å²) in [6, 6.07) is 3.51. The molecule has 0 saturated carbocycles. The summed E-state index contributed by atoms with van der Waals surface area (Å²) in [6.07, 6.45) is 0.425. The number of rotatable bonds is 2. The third kappa shape index (κ3) is 1.85. The average molecular weight is 226 g/mol. The largest absolute Gasteiger partial charge is 0.388 e. The number of aliphatic hydroxyl groups excluding tert-OH is 1. The summed E-state index contributed by atoms with van der Waals surface area (Å²) in [5, 5.41) is 12.9. The average Bonchev–Trinajstić information content (AvgIpc) is 2.55. The number of anilines is 1. The quantitative estimate of drug-likeness (QED) is 0.811. The highest BCUT2D eigenvalue weighted by molar-refractivity contribution is 6.32. The second-order valence-electron chi connectivity index (χ2n) is 3.68. The van der Waals surface area contributed by atoms with E-state index in [9.17, 15) is 9.90 Å². The van der Waals surface area contributed by atoms with E-state index in [4.69, 9.17) is 11.6 Å². The minimum Gasteiger partial charge on any atom is -0.388 e. The normalized spacial score (nSPS) is 16.1. The van der Waals surface area contributed by atoms with Gasteiger partial charge in [-0.3, -0.25) is 4.79 Å². The Morgan fingerprint density at radius 1 is 1.60 bits per heavy atom. The van der Waals surface area contributed by atoms with Crippen molar-refractivity contribution >= 4 is 23.2 Å². The predicted octanol–water partition coefficient (Wildman–Crippen LogP) is 2.28. The van der Waals surface area contributed by atoms with E-state index >= 15 is 0 Å². The molecule has 0 fully saturated rings. The molecule has 0 bridgehead atoms. The molecule has 0 aliphatic carbocycles. The van der Waals surface area contributed by atoms with Crippen LogP contribution < -0.4 is 5.32 Å². The Balaban J connectivity index is 2.44. The van der Waals surface area contributed by atoms with Gasteiger partial charge in [-0.05, 0) is 29.7 Å². The van der Waals surface area contributed by atoms with Crippen LogP contribution in [-0.2, 0) is 11.2 Å². The van der Waals surface area contributed by atoms with Crippen LogP contribution in [0.25, 0.3) is 0 Å². The molecule has 2 N–H and O–H groups in total. The fourth-order valence-electron chi connectivity index (χ4n) is 1.74. The lowest BCUT2D eigenvalue weighted by molar-refractivity contribution is -0.115. The number of hydrogen-bond donors (Lipinski definition) is 2. The van der Waals surface area contributed by atoms with Crippen molar-refractivity contribution in [1.29, 1.82) is 0 Å². The lowest BCUT2D eigenvalue weighted by atomic mass is 10.0. The minimum atomic E-state index is -0.557. The van der Waals surface area contributed by atoms with E-state index < -0.39 is 6.10 Å². The number of carbonyl (C=O) groups is 1. The third-order valence-electron chi connectivity index (χ3n) is 2.59. The van der Waals surface area contributed by atoms with Gasteiger partial charge in [0.1, 0.15) is 0 Å². The Morgan fingerprint density at radius 2 is 2.33 bits per heavy atom. The van der Waals surface area contributed by atoms with Crippen LogP contribution in [0.1, 0.15) is 30.6 Å². The smallest absolute Gasteiger partial charge is 0.228 e. The van der Waals surface area contributed by atoms with Crippen LogP contribution in [0, 0.1) is 0 Å². The van der Waals surface area contributed by atoms with Crippen molar-refractivity contribution in [2.45, 2.75) is 25.9 Å². The summed E-state index contributed by atoms with van der Waals surface area (Å²) in [6.45, 7) is 1.89. The van der Waals surface area contributed by atoms with Crippen LogP contribution in [0.15, 0.2) is 12.1 Å². The molecule has 1 aliphatic heterocycles. The lowest BCUT2D eigenvalue weighted by Crippen LogP contribution is -2.03. The predicted molar refractivity (Wildman–Crippen MR) is 59.0 cm³/mol. The fraction of sp³-hybridized carbons (Fsp3) is 0.364. The standard InChI is InChI=1S/C11H12ClNO2/c1-2-10(14)7-3-6-4-11(15)13-9(6)5-8(7)12/h3,5,10,14H,2,4H2,1H3,(H,13,15)/t10-/m0/s1. The molecule has 0 aromatic heterocycles. The molecule has 1 atom stereocenters. The zero-order valence-electron chi connectivity index (χ0n) is 8.38. The molecule has 80 valence electrons. The second-order valence-corrected chi connectivity index (χ2v) is 4.09. The van der Waals surface area contributed by atoms with E-state index in [-0.39, 0.29) is 5.91 Å². The third-order valence-corrected chi connectivity index (χ3v) is 2.92. The topological polar surface area (TPSA) is 49.3 Å². The van der Waals surface area contributed by atoms with Gasteiger partial charge < -0.3 is 10.4 Å². The molecular formula is C11H12ClNO2. The molecule has 0 unspecified atom stereocenters. The highest BCUT2D eigenvalue weighted by atomic mass is 35.5. The number of amides is 1. The fourth-order valence-corrected chi connectivity index (χ4v) is 2.03. The number of halogens is 1. The number of fused-ring (bicyclic) bond motifs is 1. The van der Waals surface area contributed by atoms with Crippen molar-refractivity contribution in [3.8, 4) is 0 Å². The van der Waals surface area contributed by atoms with Gasteiger partial charge in [-0.15, -0.1) is 0 Å². The molecule has 4 heteroatoms. The van der Waals surface area contributed by atoms with Crippen LogP contribution in [0.5, 0.6) is 0 Å². The van der Waals surface area contributed by atoms with Crippen molar-refractivity contribution in [2.24, 2.45) is 0 Å². The van der Waals surface area contributed by atoms with Crippen LogP contribution in [0.2, 0.25) is 5.02 Å². The molecule has 0 spiro atoms. The number of nitrogens with one attached hydrogen (secondary N) is 1. The number of hydrogen-bond acceptors (Lipinski definition) is 2. The van der Waals surface area contributed by atoms with Crippen molar-refractivity contribution in [3.63, 3.8) is 0 Å². The first-order valence-electron chi connectivity index (χ1n) is 4.92. The van der Waals surface area contributed by atoms with Gasteiger partial charge in [-0.25, -0.2) is 0 Å². The van der Waals surface area contributed by atoms with E-state index in [1.165, 1.54) is 0 Å². The molecule has 3 nitrogen and oxygen atoms in total. The van der Waals surface area contributed by atoms with Gasteiger partial charge in [0.2, 0.25) is 5.91 Å². The molecule has 2 rings (SSSR count). The van der Waals surface area contributed by atoms with Gasteiger partial charge in [-0.1, -0.05) is 18.5 Å². The Labute approximate surface area is 93.1 Å². The zero-order valence-corrected chi connectivity index (χ0v) is 9.14.